The molecule has 0 spiro atoms. The molecule has 0 unspecified atom stereocenters. The summed E-state index contributed by atoms with van der Waals surface area (Å²) in [5, 5.41) is 8.28. The van der Waals surface area contributed by atoms with E-state index in [4.69, 9.17) is 5.11 Å². The molecule has 1 rings (SSSR count). The van der Waals surface area contributed by atoms with Crippen molar-refractivity contribution in [1.82, 2.24) is 4.31 Å². The predicted molar refractivity (Wildman–Crippen MR) is 39.4 cm³/mol. The molecule has 0 aromatic rings. The summed E-state index contributed by atoms with van der Waals surface area (Å²) in [4.78, 5) is 20.8. The number of carbonyl (C=O) groups is 2. The molecule has 0 aromatic heterocycles. The number of nitrogens with zero attached hydrogens (tertiary/aromatic N) is 1. The number of carbonyl (C=O) groups excluding carboxylic acids is 1. The molecule has 0 radical (unpaired) electrons. The molecule has 56 valence electrons. The molecule has 0 bridgehead atoms. The first kappa shape index (κ1) is 7.74. The first-order valence-electron chi connectivity index (χ1n) is 2.52. The first-order valence-corrected chi connectivity index (χ1v) is 4.79. The summed E-state index contributed by atoms with van der Waals surface area (Å²) in [5.74, 6) is -0.696. The Hall–Kier alpha value is -0.360. The van der Waals surface area contributed by atoms with Gasteiger partial charge in [0.2, 0.25) is 5.91 Å². The third-order valence-corrected chi connectivity index (χ3v) is 3.07. The predicted octanol–water partition coefficient (Wildman–Crippen LogP) is 0.210. The maximum absolute atomic E-state index is 10.7. The van der Waals surface area contributed by atoms with Crippen LogP contribution in [0.5, 0.6) is 0 Å². The first-order chi connectivity index (χ1) is 4.70. The Morgan fingerprint density at radius 3 is 2.90 bits per heavy atom. The highest BCUT2D eigenvalue weighted by atomic mass is 33.1. The van der Waals surface area contributed by atoms with E-state index in [0.717, 1.165) is 0 Å². The standard InChI is InChI=1S/C4H5NO3S2/c6-3-2-9-10-5(3)1-4(7)8/h1-2H2,(H,7,8). The molecule has 1 heterocycles. The van der Waals surface area contributed by atoms with E-state index in [1.165, 1.54) is 26.1 Å². The fourth-order valence-corrected chi connectivity index (χ4v) is 2.57. The molecule has 0 aromatic carbocycles. The summed E-state index contributed by atoms with van der Waals surface area (Å²) in [5.41, 5.74) is 0. The fourth-order valence-electron chi connectivity index (χ4n) is 0.491. The summed E-state index contributed by atoms with van der Waals surface area (Å²) in [7, 11) is 2.56. The van der Waals surface area contributed by atoms with E-state index in [1.807, 2.05) is 0 Å². The lowest BCUT2D eigenvalue weighted by Gasteiger charge is -2.07. The van der Waals surface area contributed by atoms with Crippen LogP contribution in [-0.2, 0) is 9.59 Å². The Kier molecular flexibility index (Phi) is 2.44. The molecule has 0 saturated carbocycles. The summed E-state index contributed by atoms with van der Waals surface area (Å²) < 4.78 is 1.24. The molecule has 10 heavy (non-hydrogen) atoms. The van der Waals surface area contributed by atoms with Crippen molar-refractivity contribution in [2.45, 2.75) is 0 Å². The third kappa shape index (κ3) is 1.81. The second-order valence-electron chi connectivity index (χ2n) is 1.66. The van der Waals surface area contributed by atoms with Crippen LogP contribution in [0.15, 0.2) is 0 Å². The van der Waals surface area contributed by atoms with Gasteiger partial charge in [0.1, 0.15) is 6.54 Å². The van der Waals surface area contributed by atoms with Gasteiger partial charge in [0.25, 0.3) is 0 Å². The van der Waals surface area contributed by atoms with Crippen molar-refractivity contribution in [3.05, 3.63) is 0 Å². The number of aliphatic carboxylic acids is 1. The largest absolute Gasteiger partial charge is 0.480 e. The molecular formula is C4H5NO3S2. The molecule has 1 aliphatic heterocycles. The van der Waals surface area contributed by atoms with Crippen LogP contribution >= 0.6 is 21.8 Å². The topological polar surface area (TPSA) is 57.6 Å². The zero-order valence-electron chi connectivity index (χ0n) is 4.94. The zero-order chi connectivity index (χ0) is 7.56. The third-order valence-electron chi connectivity index (χ3n) is 0.882. The van der Waals surface area contributed by atoms with Crippen molar-refractivity contribution in [3.63, 3.8) is 0 Å². The van der Waals surface area contributed by atoms with Gasteiger partial charge < -0.3 is 5.11 Å². The Morgan fingerprint density at radius 2 is 2.50 bits per heavy atom. The van der Waals surface area contributed by atoms with Crippen molar-refractivity contribution in [3.8, 4) is 0 Å². The van der Waals surface area contributed by atoms with Gasteiger partial charge in [0, 0.05) is 11.0 Å². The Morgan fingerprint density at radius 1 is 1.80 bits per heavy atom. The van der Waals surface area contributed by atoms with Crippen LogP contribution in [0, 0.1) is 0 Å². The highest BCUT2D eigenvalue weighted by Gasteiger charge is 2.23. The molecular weight excluding hydrogens is 174 g/mol. The lowest BCUT2D eigenvalue weighted by atomic mass is 10.6. The highest BCUT2D eigenvalue weighted by molar-refractivity contribution is 8.76. The summed E-state index contributed by atoms with van der Waals surface area (Å²) >= 11 is 0. The van der Waals surface area contributed by atoms with E-state index < -0.39 is 5.97 Å². The average Bonchev–Trinajstić information content (AvgIpc) is 2.15. The Bertz CT molecular complexity index is 172. The van der Waals surface area contributed by atoms with E-state index in [1.54, 1.807) is 0 Å². The maximum Gasteiger partial charge on any atom is 0.324 e. The number of amides is 1. The SMILES string of the molecule is O=C(O)CN1SSCC1=O. The number of hydrogen-bond donors (Lipinski definition) is 1. The van der Waals surface area contributed by atoms with Gasteiger partial charge in [0.05, 0.1) is 5.75 Å². The minimum atomic E-state index is -0.969. The van der Waals surface area contributed by atoms with Crippen molar-refractivity contribution in [1.29, 1.82) is 0 Å². The van der Waals surface area contributed by atoms with E-state index in [2.05, 4.69) is 0 Å². The molecule has 1 fully saturated rings. The van der Waals surface area contributed by atoms with E-state index >= 15 is 0 Å². The van der Waals surface area contributed by atoms with Gasteiger partial charge in [-0.15, -0.1) is 0 Å². The summed E-state index contributed by atoms with van der Waals surface area (Å²) in [6, 6.07) is 0. The van der Waals surface area contributed by atoms with Crippen LogP contribution in [0.2, 0.25) is 0 Å². The molecule has 6 heteroatoms. The van der Waals surface area contributed by atoms with Gasteiger partial charge in [-0.05, 0) is 0 Å². The van der Waals surface area contributed by atoms with Crippen LogP contribution in [-0.4, -0.2) is 33.6 Å². The molecule has 4 nitrogen and oxygen atoms in total. The second kappa shape index (κ2) is 3.16. The number of carboxylic acids is 1. The van der Waals surface area contributed by atoms with Gasteiger partial charge in [0.15, 0.2) is 0 Å². The monoisotopic (exact) mass is 179 g/mol. The van der Waals surface area contributed by atoms with Crippen LogP contribution < -0.4 is 0 Å². The Balaban J connectivity index is 2.40. The summed E-state index contributed by atoms with van der Waals surface area (Å²) in [6.45, 7) is -0.198. The van der Waals surface area contributed by atoms with Crippen molar-refractivity contribution >= 4 is 33.7 Å². The van der Waals surface area contributed by atoms with Crippen molar-refractivity contribution in [2.24, 2.45) is 0 Å². The molecule has 1 amide bonds. The molecule has 1 N–H and O–H groups in total. The summed E-state index contributed by atoms with van der Waals surface area (Å²) in [6.07, 6.45) is 0. The normalized spacial score (nSPS) is 18.0. The van der Waals surface area contributed by atoms with E-state index in [9.17, 15) is 9.59 Å². The Labute approximate surface area is 65.5 Å². The molecule has 0 atom stereocenters. The van der Waals surface area contributed by atoms with Gasteiger partial charge >= 0.3 is 5.97 Å². The lowest BCUT2D eigenvalue weighted by molar-refractivity contribution is -0.140. The smallest absolute Gasteiger partial charge is 0.324 e. The second-order valence-corrected chi connectivity index (χ2v) is 3.93. The van der Waals surface area contributed by atoms with Crippen LogP contribution in [0.1, 0.15) is 0 Å². The molecule has 1 saturated heterocycles. The maximum atomic E-state index is 10.7. The van der Waals surface area contributed by atoms with E-state index in [-0.39, 0.29) is 12.5 Å². The van der Waals surface area contributed by atoms with Crippen LogP contribution in [0.4, 0.5) is 0 Å². The average molecular weight is 179 g/mol. The molecule has 1 aliphatic rings. The number of hydrogen-bond acceptors (Lipinski definition) is 4. The van der Waals surface area contributed by atoms with Crippen LogP contribution in [0.3, 0.4) is 0 Å². The van der Waals surface area contributed by atoms with Gasteiger partial charge in [-0.3, -0.25) is 13.9 Å². The zero-order valence-corrected chi connectivity index (χ0v) is 6.57. The molecule has 0 aliphatic carbocycles. The number of carboxylic acid groups (broad SMARTS) is 1. The van der Waals surface area contributed by atoms with Gasteiger partial charge in [-0.2, -0.15) is 0 Å². The van der Waals surface area contributed by atoms with Crippen LogP contribution in [0.25, 0.3) is 0 Å². The lowest BCUT2D eigenvalue weighted by Crippen LogP contribution is -2.26. The van der Waals surface area contributed by atoms with Crippen molar-refractivity contribution < 1.29 is 14.7 Å². The minimum absolute atomic E-state index is 0.114. The van der Waals surface area contributed by atoms with Gasteiger partial charge in [-0.25, -0.2) is 0 Å². The quantitative estimate of drug-likeness (QED) is 0.485. The van der Waals surface area contributed by atoms with Crippen molar-refractivity contribution in [2.75, 3.05) is 12.3 Å². The number of rotatable bonds is 2. The fraction of sp³-hybridized carbons (Fsp3) is 0.500. The van der Waals surface area contributed by atoms with Gasteiger partial charge in [-0.1, -0.05) is 10.8 Å². The minimum Gasteiger partial charge on any atom is -0.480 e. The van der Waals surface area contributed by atoms with E-state index in [0.29, 0.717) is 5.75 Å². The highest BCUT2D eigenvalue weighted by Crippen LogP contribution is 2.33.